The van der Waals surface area contributed by atoms with Gasteiger partial charge in [-0.3, -0.25) is 9.59 Å². The van der Waals surface area contributed by atoms with E-state index in [1.165, 1.54) is 12.1 Å². The minimum absolute atomic E-state index is 0. The predicted octanol–water partition coefficient (Wildman–Crippen LogP) is 3.43. The molecule has 15 nitrogen and oxygen atoms in total. The molecule has 1 saturated heterocycles. The predicted molar refractivity (Wildman–Crippen MR) is 258 cm³/mol. The number of pyridine rings is 1. The zero-order valence-electron chi connectivity index (χ0n) is 39.7. The maximum absolute atomic E-state index is 13.2. The van der Waals surface area contributed by atoms with Gasteiger partial charge in [0, 0.05) is 46.5 Å². The van der Waals surface area contributed by atoms with E-state index >= 15 is 0 Å². The van der Waals surface area contributed by atoms with E-state index in [2.05, 4.69) is 36.4 Å². The number of ether oxygens (including phenoxy) is 2. The number of benzene rings is 1. The van der Waals surface area contributed by atoms with Gasteiger partial charge < -0.3 is 61.0 Å². The van der Waals surface area contributed by atoms with Crippen LogP contribution in [-0.2, 0) is 32.3 Å². The summed E-state index contributed by atoms with van der Waals surface area (Å²) in [6, 6.07) is 7.73. The monoisotopic (exact) mass is 958 g/mol. The first-order valence-corrected chi connectivity index (χ1v) is 23.1. The number of phenols is 1. The van der Waals surface area contributed by atoms with Gasteiger partial charge in [-0.25, -0.2) is 4.98 Å². The van der Waals surface area contributed by atoms with Crippen LogP contribution in [0.4, 0.5) is 0 Å². The normalized spacial score (nSPS) is 30.3. The topological polar surface area (TPSA) is 251 Å². The van der Waals surface area contributed by atoms with E-state index in [9.17, 15) is 40.2 Å². The third kappa shape index (κ3) is 13.3. The fourth-order valence-electron chi connectivity index (χ4n) is 10.9. The molecule has 17 heteroatoms. The van der Waals surface area contributed by atoms with Crippen LogP contribution in [0.5, 0.6) is 11.5 Å². The van der Waals surface area contributed by atoms with Crippen LogP contribution in [0, 0.1) is 28.6 Å². The Morgan fingerprint density at radius 1 is 0.925 bits per heavy atom. The summed E-state index contributed by atoms with van der Waals surface area (Å²) in [5.41, 5.74) is 0.533. The number of nitrogens with one attached hydrogen (secondary N) is 2. The van der Waals surface area contributed by atoms with E-state index in [0.717, 1.165) is 24.8 Å². The summed E-state index contributed by atoms with van der Waals surface area (Å²) in [4.78, 5) is 29.2. The van der Waals surface area contributed by atoms with Crippen molar-refractivity contribution in [3.8, 4) is 11.5 Å². The van der Waals surface area contributed by atoms with Gasteiger partial charge in [0.1, 0.15) is 29.9 Å². The summed E-state index contributed by atoms with van der Waals surface area (Å²) < 4.78 is 12.7. The maximum atomic E-state index is 13.2. The van der Waals surface area contributed by atoms with E-state index in [1.54, 1.807) is 30.4 Å². The number of nitrogens with zero attached hydrogens (tertiary/aromatic N) is 1. The third-order valence-electron chi connectivity index (χ3n) is 14.1. The number of ketones is 2. The molecule has 4 fully saturated rings. The number of aliphatic hydroxyl groups excluding tert-OH is 6. The fraction of sp³-hybridized carbons (Fsp3) is 0.660. The number of aliphatic hydroxyl groups is 6. The van der Waals surface area contributed by atoms with Crippen LogP contribution < -0.4 is 10.6 Å². The van der Waals surface area contributed by atoms with Crippen LogP contribution in [0.2, 0.25) is 0 Å². The van der Waals surface area contributed by atoms with Crippen molar-refractivity contribution in [3.05, 3.63) is 76.6 Å². The molecule has 10 N–H and O–H groups in total. The third-order valence-corrected chi connectivity index (χ3v) is 14.1. The number of β-amino-alcohol motifs (C(OH)–C–C–N with tert-alkyl or cyclic N) is 2. The number of aromatic hydroxyl groups is 2. The number of aromatic nitrogens is 1. The van der Waals surface area contributed by atoms with Gasteiger partial charge in [-0.2, -0.15) is 0 Å². The quantitative estimate of drug-likeness (QED) is 0.137. The molecule has 1 aliphatic heterocycles. The van der Waals surface area contributed by atoms with Gasteiger partial charge in [0.25, 0.3) is 0 Å². The summed E-state index contributed by atoms with van der Waals surface area (Å²) in [6.07, 6.45) is 6.90. The number of Topliss-reactive ketones (excluding diaryl/α,β-unsaturated/α-hetero) is 1. The molecule has 1 aromatic carbocycles. The van der Waals surface area contributed by atoms with E-state index in [1.807, 2.05) is 47.6 Å². The number of carbonyl (C=O) groups is 2. The van der Waals surface area contributed by atoms with Crippen LogP contribution in [-0.4, -0.2) is 171 Å². The molecular weight excluding hydrogens is 881 g/mol. The molecule has 67 heavy (non-hydrogen) atoms. The Morgan fingerprint density at radius 3 is 2.13 bits per heavy atom. The SMILES string of the molecule is CC(C)(C)NCC(O)c1ccc(O)c(CO)c1.CC(C)(C)NCC(O)c1ccc(O)c(CO)n1.CCC[C@@H]1O[C@@H]2C[C@H]3[C@@H]4CCC5=CC(=O)C=C[C@]5(C)[C@H]4[C@@H](O)C[C@]3(C)[C@]2(C(=O)CO)O1.[NaH].[NaH]. The number of hydrogen-bond donors (Lipinski definition) is 10. The zero-order valence-corrected chi connectivity index (χ0v) is 39.7. The van der Waals surface area contributed by atoms with Crippen molar-refractivity contribution in [1.82, 2.24) is 15.6 Å². The molecule has 0 amide bonds. The Kier molecular flexibility index (Phi) is 21.6. The van der Waals surface area contributed by atoms with Crippen molar-refractivity contribution in [3.63, 3.8) is 0 Å². The minimum atomic E-state index is -1.20. The van der Waals surface area contributed by atoms with Gasteiger partial charge in [0.2, 0.25) is 0 Å². The van der Waals surface area contributed by atoms with Crippen LogP contribution in [0.1, 0.15) is 136 Å². The Hall–Kier alpha value is -1.61. The molecule has 3 saturated carbocycles. The van der Waals surface area contributed by atoms with Crippen molar-refractivity contribution in [1.29, 1.82) is 0 Å². The average molecular weight is 958 g/mol. The first-order chi connectivity index (χ1) is 30.4. The number of hydrogen-bond acceptors (Lipinski definition) is 15. The van der Waals surface area contributed by atoms with Gasteiger partial charge >= 0.3 is 59.1 Å². The Morgan fingerprint density at radius 2 is 1.55 bits per heavy atom. The van der Waals surface area contributed by atoms with Gasteiger partial charge in [0.15, 0.2) is 23.5 Å². The van der Waals surface area contributed by atoms with Crippen molar-refractivity contribution >= 4 is 70.7 Å². The van der Waals surface area contributed by atoms with Crippen molar-refractivity contribution in [2.45, 2.75) is 161 Å². The number of rotatable bonds is 12. The molecule has 0 radical (unpaired) electrons. The van der Waals surface area contributed by atoms with Crippen LogP contribution >= 0.6 is 0 Å². The molecule has 0 bridgehead atoms. The summed E-state index contributed by atoms with van der Waals surface area (Å²) in [7, 11) is 0. The van der Waals surface area contributed by atoms with Crippen molar-refractivity contribution in [2.24, 2.45) is 28.6 Å². The van der Waals surface area contributed by atoms with Crippen molar-refractivity contribution in [2.75, 3.05) is 19.7 Å². The molecule has 4 aliphatic carbocycles. The van der Waals surface area contributed by atoms with Crippen LogP contribution in [0.15, 0.2) is 54.1 Å². The van der Waals surface area contributed by atoms with E-state index in [-0.39, 0.29) is 135 Å². The Balaban J connectivity index is 0.000000285. The molecule has 5 aliphatic rings. The van der Waals surface area contributed by atoms with E-state index < -0.39 is 48.3 Å². The number of carbonyl (C=O) groups excluding carboxylic acids is 2. The second-order valence-corrected chi connectivity index (χ2v) is 20.9. The Labute approximate surface area is 440 Å². The molecule has 1 aromatic heterocycles. The summed E-state index contributed by atoms with van der Waals surface area (Å²) >= 11 is 0. The summed E-state index contributed by atoms with van der Waals surface area (Å²) in [6.45, 7) is 18.0. The standard InChI is InChI=1S/C25H34O6.C13H21NO3.C12H20N2O3.2Na.2H/c1-4-5-21-30-20-11-17-16-7-6-14-10-15(27)8-9-23(14,2)22(16)18(28)12-24(17,3)25(20,31-21)19(29)13-26;1-13(2,3)14-7-12(17)9-4-5-11(16)10(6-9)8-15;1-12(2,3)13-6-11(17)8-4-5-10(16)9(7-15)14-8;;;;/h8-10,16-18,20-22,26,28H,4-7,11-13H2,1-3H3;4-6,12,14-17H,7-8H2,1-3H3;4-5,11,13,15-17H,6-7H2,1-3H3;;;;/t16-,17-,18-,20+,21+,22+,23-,24-,25+;;;;;;/m0....../s1. The summed E-state index contributed by atoms with van der Waals surface area (Å²) in [5.74, 6) is 0.0131. The average Bonchev–Trinajstić information content (AvgIpc) is 3.73. The molecule has 0 spiro atoms. The fourth-order valence-corrected chi connectivity index (χ4v) is 10.9. The number of fused-ring (bicyclic) bond motifs is 7. The van der Waals surface area contributed by atoms with E-state index in [0.29, 0.717) is 49.2 Å². The molecule has 2 aromatic rings. The van der Waals surface area contributed by atoms with E-state index in [4.69, 9.17) is 19.7 Å². The molecule has 2 heterocycles. The molecule has 2 unspecified atom stereocenters. The molecular formula is C50H77N3Na2O12. The molecule has 366 valence electrons. The summed E-state index contributed by atoms with van der Waals surface area (Å²) in [5, 5.41) is 84.4. The number of allylic oxidation sites excluding steroid dienone is 4. The van der Waals surface area contributed by atoms with Gasteiger partial charge in [-0.15, -0.1) is 0 Å². The van der Waals surface area contributed by atoms with Crippen molar-refractivity contribution < 1.29 is 59.9 Å². The second kappa shape index (κ2) is 24.2. The van der Waals surface area contributed by atoms with Crippen LogP contribution in [0.25, 0.3) is 0 Å². The molecule has 7 rings (SSSR count). The Bertz CT molecular complexity index is 1980. The van der Waals surface area contributed by atoms with Crippen LogP contribution in [0.3, 0.4) is 0 Å². The van der Waals surface area contributed by atoms with Gasteiger partial charge in [-0.1, -0.05) is 44.9 Å². The molecule has 11 atom stereocenters. The zero-order chi connectivity index (χ0) is 48.3. The first kappa shape index (κ1) is 59.7. The second-order valence-electron chi connectivity index (χ2n) is 20.9. The van der Waals surface area contributed by atoms with Gasteiger partial charge in [-0.05, 0) is 127 Å². The van der Waals surface area contributed by atoms with Gasteiger partial charge in [0.05, 0.1) is 37.2 Å². The first-order valence-electron chi connectivity index (χ1n) is 23.1.